The minimum Gasteiger partial charge on any atom is -0.382 e. The van der Waals surface area contributed by atoms with Crippen molar-refractivity contribution in [1.29, 1.82) is 0 Å². The standard InChI is InChI=1S/C23H29N9/c1-13(2)32-15(4)25-19-9-8-18(26-22(19)32)16-10-12-31-20(16)21(24)28-23(29-31)27-17-7-6-11-30(5)14(17)3/h8-10,12-13,17H,3,6-7,11H2,1-2,4-5H3,(H3,24,27,28,29)/t17-/m1/s1. The molecule has 166 valence electrons. The number of likely N-dealkylation sites (N-methyl/N-ethyl adjacent to an activating group) is 1. The smallest absolute Gasteiger partial charge is 0.243 e. The molecule has 1 aliphatic rings. The molecule has 0 bridgehead atoms. The molecule has 0 aromatic carbocycles. The summed E-state index contributed by atoms with van der Waals surface area (Å²) >= 11 is 0. The van der Waals surface area contributed by atoms with E-state index in [1.54, 1.807) is 4.52 Å². The van der Waals surface area contributed by atoms with Gasteiger partial charge in [-0.15, -0.1) is 5.10 Å². The van der Waals surface area contributed by atoms with E-state index in [2.05, 4.69) is 57.3 Å². The Labute approximate surface area is 187 Å². The molecule has 1 fully saturated rings. The molecule has 9 heteroatoms. The number of anilines is 2. The Morgan fingerprint density at radius 2 is 2.00 bits per heavy atom. The Morgan fingerprint density at radius 1 is 1.19 bits per heavy atom. The van der Waals surface area contributed by atoms with Crippen molar-refractivity contribution >= 4 is 28.4 Å². The predicted molar refractivity (Wildman–Crippen MR) is 127 cm³/mol. The Hall–Kier alpha value is -3.62. The van der Waals surface area contributed by atoms with Gasteiger partial charge >= 0.3 is 0 Å². The Kier molecular flexibility index (Phi) is 4.76. The lowest BCUT2D eigenvalue weighted by atomic mass is 10.0. The molecule has 0 saturated carbocycles. The zero-order valence-corrected chi connectivity index (χ0v) is 19.0. The first-order chi connectivity index (χ1) is 15.3. The van der Waals surface area contributed by atoms with Gasteiger partial charge in [0.2, 0.25) is 5.95 Å². The van der Waals surface area contributed by atoms with Crippen LogP contribution in [0.1, 0.15) is 38.6 Å². The van der Waals surface area contributed by atoms with Crippen LogP contribution in [-0.4, -0.2) is 53.7 Å². The summed E-state index contributed by atoms with van der Waals surface area (Å²) in [6.45, 7) is 11.5. The van der Waals surface area contributed by atoms with Gasteiger partial charge in [0.15, 0.2) is 11.5 Å². The predicted octanol–water partition coefficient (Wildman–Crippen LogP) is 3.63. The molecule has 4 aromatic heterocycles. The molecule has 32 heavy (non-hydrogen) atoms. The largest absolute Gasteiger partial charge is 0.382 e. The van der Waals surface area contributed by atoms with Crippen LogP contribution in [0.4, 0.5) is 11.8 Å². The first-order valence-electron chi connectivity index (χ1n) is 11.0. The van der Waals surface area contributed by atoms with Crippen molar-refractivity contribution in [2.24, 2.45) is 0 Å². The van der Waals surface area contributed by atoms with Crippen LogP contribution in [0.2, 0.25) is 0 Å². The van der Waals surface area contributed by atoms with E-state index in [-0.39, 0.29) is 12.1 Å². The molecule has 1 saturated heterocycles. The number of nitrogens with two attached hydrogens (primary N) is 1. The first-order valence-corrected chi connectivity index (χ1v) is 11.0. The van der Waals surface area contributed by atoms with Crippen LogP contribution in [0.15, 0.2) is 36.7 Å². The molecule has 4 aromatic rings. The monoisotopic (exact) mass is 431 g/mol. The minimum absolute atomic E-state index is 0.101. The van der Waals surface area contributed by atoms with Crippen molar-refractivity contribution in [3.05, 3.63) is 42.5 Å². The number of aryl methyl sites for hydroxylation is 1. The third-order valence-corrected chi connectivity index (χ3v) is 6.23. The lowest BCUT2D eigenvalue weighted by molar-refractivity contribution is 0.331. The van der Waals surface area contributed by atoms with Gasteiger partial charge in [-0.05, 0) is 51.8 Å². The summed E-state index contributed by atoms with van der Waals surface area (Å²) in [4.78, 5) is 16.3. The van der Waals surface area contributed by atoms with Crippen molar-refractivity contribution < 1.29 is 0 Å². The molecule has 0 aliphatic carbocycles. The average Bonchev–Trinajstić information content (AvgIpc) is 3.31. The fraction of sp³-hybridized carbons (Fsp3) is 0.391. The molecule has 0 radical (unpaired) electrons. The zero-order valence-electron chi connectivity index (χ0n) is 19.0. The molecule has 5 rings (SSSR count). The fourth-order valence-corrected chi connectivity index (χ4v) is 4.60. The van der Waals surface area contributed by atoms with Gasteiger partial charge in [-0.2, -0.15) is 4.98 Å². The number of rotatable bonds is 4. The topological polar surface area (TPSA) is 102 Å². The lowest BCUT2D eigenvalue weighted by Gasteiger charge is -2.34. The summed E-state index contributed by atoms with van der Waals surface area (Å²) in [6, 6.07) is 6.33. The molecule has 1 atom stereocenters. The summed E-state index contributed by atoms with van der Waals surface area (Å²) in [7, 11) is 2.06. The molecule has 1 aliphatic heterocycles. The van der Waals surface area contributed by atoms with Crippen LogP contribution in [0.3, 0.4) is 0 Å². The summed E-state index contributed by atoms with van der Waals surface area (Å²) < 4.78 is 3.92. The molecule has 0 unspecified atom stereocenters. The quantitative estimate of drug-likeness (QED) is 0.509. The summed E-state index contributed by atoms with van der Waals surface area (Å²) in [6.07, 6.45) is 3.99. The summed E-state index contributed by atoms with van der Waals surface area (Å²) in [5.41, 5.74) is 11.7. The highest BCUT2D eigenvalue weighted by atomic mass is 15.3. The van der Waals surface area contributed by atoms with Crippen LogP contribution < -0.4 is 11.1 Å². The minimum atomic E-state index is 0.101. The van der Waals surface area contributed by atoms with Gasteiger partial charge < -0.3 is 20.5 Å². The highest BCUT2D eigenvalue weighted by Gasteiger charge is 2.23. The van der Waals surface area contributed by atoms with Gasteiger partial charge in [0.1, 0.15) is 16.9 Å². The van der Waals surface area contributed by atoms with E-state index in [1.807, 2.05) is 31.3 Å². The van der Waals surface area contributed by atoms with Gasteiger partial charge in [-0.3, -0.25) is 0 Å². The van der Waals surface area contributed by atoms with Gasteiger partial charge in [-0.1, -0.05) is 6.58 Å². The zero-order chi connectivity index (χ0) is 22.6. The van der Waals surface area contributed by atoms with Gasteiger partial charge in [0.25, 0.3) is 0 Å². The molecule has 0 amide bonds. The number of fused-ring (bicyclic) bond motifs is 2. The normalized spacial score (nSPS) is 17.1. The number of nitrogens with one attached hydrogen (secondary N) is 1. The Morgan fingerprint density at radius 3 is 2.78 bits per heavy atom. The number of hydrogen-bond donors (Lipinski definition) is 2. The Balaban J connectivity index is 1.54. The number of nitrogens with zero attached hydrogens (tertiary/aromatic N) is 7. The number of imidazole rings is 1. The number of piperidine rings is 1. The third-order valence-electron chi connectivity index (χ3n) is 6.23. The van der Waals surface area contributed by atoms with E-state index in [0.29, 0.717) is 11.8 Å². The molecular formula is C23H29N9. The second kappa shape index (κ2) is 7.51. The van der Waals surface area contributed by atoms with E-state index in [4.69, 9.17) is 10.7 Å². The van der Waals surface area contributed by atoms with Crippen molar-refractivity contribution in [3.63, 3.8) is 0 Å². The summed E-state index contributed by atoms with van der Waals surface area (Å²) in [5, 5.41) is 8.06. The highest BCUT2D eigenvalue weighted by Crippen LogP contribution is 2.30. The third kappa shape index (κ3) is 3.24. The van der Waals surface area contributed by atoms with Crippen LogP contribution in [0, 0.1) is 6.92 Å². The van der Waals surface area contributed by atoms with Crippen molar-refractivity contribution in [2.75, 3.05) is 24.6 Å². The maximum atomic E-state index is 6.41. The second-order valence-electron chi connectivity index (χ2n) is 8.76. The van der Waals surface area contributed by atoms with Crippen LogP contribution in [-0.2, 0) is 0 Å². The second-order valence-corrected chi connectivity index (χ2v) is 8.76. The Bertz CT molecular complexity index is 1330. The van der Waals surface area contributed by atoms with Crippen LogP contribution in [0.5, 0.6) is 0 Å². The van der Waals surface area contributed by atoms with E-state index in [0.717, 1.165) is 58.8 Å². The maximum Gasteiger partial charge on any atom is 0.243 e. The van der Waals surface area contributed by atoms with E-state index < -0.39 is 0 Å². The van der Waals surface area contributed by atoms with E-state index >= 15 is 0 Å². The van der Waals surface area contributed by atoms with E-state index in [9.17, 15) is 0 Å². The number of aromatic nitrogens is 6. The van der Waals surface area contributed by atoms with Gasteiger partial charge in [0, 0.05) is 37.1 Å². The molecule has 0 spiro atoms. The number of nitrogen functional groups attached to an aromatic ring is 1. The highest BCUT2D eigenvalue weighted by molar-refractivity contribution is 5.88. The summed E-state index contributed by atoms with van der Waals surface area (Å²) in [5.74, 6) is 1.86. The van der Waals surface area contributed by atoms with Crippen LogP contribution in [0.25, 0.3) is 27.9 Å². The number of hydrogen-bond acceptors (Lipinski definition) is 7. The average molecular weight is 432 g/mol. The maximum absolute atomic E-state index is 6.41. The van der Waals surface area contributed by atoms with Gasteiger partial charge in [0.05, 0.1) is 11.7 Å². The van der Waals surface area contributed by atoms with Gasteiger partial charge in [-0.25, -0.2) is 14.5 Å². The lowest BCUT2D eigenvalue weighted by Crippen LogP contribution is -2.37. The molecule has 9 nitrogen and oxygen atoms in total. The molecular weight excluding hydrogens is 402 g/mol. The number of pyridine rings is 1. The fourth-order valence-electron chi connectivity index (χ4n) is 4.60. The van der Waals surface area contributed by atoms with Crippen molar-refractivity contribution in [1.82, 2.24) is 34.0 Å². The van der Waals surface area contributed by atoms with E-state index in [1.165, 1.54) is 0 Å². The van der Waals surface area contributed by atoms with Crippen molar-refractivity contribution in [2.45, 2.75) is 45.7 Å². The van der Waals surface area contributed by atoms with Crippen molar-refractivity contribution in [3.8, 4) is 11.3 Å². The molecule has 3 N–H and O–H groups in total. The first kappa shape index (κ1) is 20.3. The number of likely N-dealkylation sites (tertiary alicyclic amines) is 1. The SMILES string of the molecule is C=C1[C@H](Nc2nc(N)c3c(-c4ccc5nc(C)n(C(C)C)c5n4)ccn3n2)CCCN1C. The molecule has 5 heterocycles. The van der Waals surface area contributed by atoms with Crippen LogP contribution >= 0.6 is 0 Å².